The van der Waals surface area contributed by atoms with Crippen molar-refractivity contribution in [1.29, 1.82) is 0 Å². The summed E-state index contributed by atoms with van der Waals surface area (Å²) in [7, 11) is 0. The van der Waals surface area contributed by atoms with Crippen LogP contribution in [0.5, 0.6) is 0 Å². The zero-order chi connectivity index (χ0) is 15.0. The number of carbonyl (C=O) groups excluding carboxylic acids is 2. The van der Waals surface area contributed by atoms with Crippen molar-refractivity contribution in [1.82, 2.24) is 0 Å². The fraction of sp³-hybridized carbons (Fsp3) is 0.333. The van der Waals surface area contributed by atoms with Crippen LogP contribution in [0.1, 0.15) is 18.9 Å². The van der Waals surface area contributed by atoms with Gasteiger partial charge in [-0.1, -0.05) is 24.3 Å². The maximum Gasteiger partial charge on any atom is 0.411 e. The third-order valence-corrected chi connectivity index (χ3v) is 2.40. The number of nitrogens with one attached hydrogen (secondary N) is 1. The molecule has 108 valence electrons. The van der Waals surface area contributed by atoms with Gasteiger partial charge in [-0.05, 0) is 26.0 Å². The van der Waals surface area contributed by atoms with Gasteiger partial charge in [0, 0.05) is 17.7 Å². The second kappa shape index (κ2) is 7.99. The van der Waals surface area contributed by atoms with Crippen LogP contribution in [0.25, 0.3) is 0 Å². The summed E-state index contributed by atoms with van der Waals surface area (Å²) < 4.78 is 9.82. The SMILES string of the molecule is C=C(C)C(=O)OCCCOC(=O)Nc1ccc(C)cc1. The monoisotopic (exact) mass is 277 g/mol. The van der Waals surface area contributed by atoms with E-state index in [0.717, 1.165) is 5.56 Å². The molecule has 0 aliphatic heterocycles. The summed E-state index contributed by atoms with van der Waals surface area (Å²) >= 11 is 0. The topological polar surface area (TPSA) is 64.6 Å². The Kier molecular flexibility index (Phi) is 6.29. The Balaban J connectivity index is 2.16. The molecule has 0 aliphatic rings. The quantitative estimate of drug-likeness (QED) is 0.493. The van der Waals surface area contributed by atoms with Crippen molar-refractivity contribution < 1.29 is 19.1 Å². The lowest BCUT2D eigenvalue weighted by atomic mass is 10.2. The molecular formula is C15H19NO4. The van der Waals surface area contributed by atoms with E-state index >= 15 is 0 Å². The predicted molar refractivity (Wildman–Crippen MR) is 76.5 cm³/mol. The van der Waals surface area contributed by atoms with Crippen molar-refractivity contribution in [2.24, 2.45) is 0 Å². The van der Waals surface area contributed by atoms with Crippen molar-refractivity contribution in [3.63, 3.8) is 0 Å². The summed E-state index contributed by atoms with van der Waals surface area (Å²) in [5.74, 6) is -0.436. The maximum atomic E-state index is 11.4. The molecule has 0 bridgehead atoms. The van der Waals surface area contributed by atoms with Gasteiger partial charge in [0.25, 0.3) is 0 Å². The van der Waals surface area contributed by atoms with Gasteiger partial charge in [-0.15, -0.1) is 0 Å². The number of rotatable bonds is 6. The van der Waals surface area contributed by atoms with E-state index < -0.39 is 12.1 Å². The molecule has 0 aromatic heterocycles. The molecule has 0 aliphatic carbocycles. The van der Waals surface area contributed by atoms with Gasteiger partial charge in [-0.3, -0.25) is 5.32 Å². The highest BCUT2D eigenvalue weighted by atomic mass is 16.6. The molecule has 5 nitrogen and oxygen atoms in total. The predicted octanol–water partition coefficient (Wildman–Crippen LogP) is 3.05. The minimum absolute atomic E-state index is 0.182. The van der Waals surface area contributed by atoms with E-state index in [1.165, 1.54) is 0 Å². The molecule has 1 rings (SSSR count). The van der Waals surface area contributed by atoms with Gasteiger partial charge in [0.2, 0.25) is 0 Å². The molecule has 1 amide bonds. The number of esters is 1. The average molecular weight is 277 g/mol. The second-order valence-electron chi connectivity index (χ2n) is 4.40. The largest absolute Gasteiger partial charge is 0.462 e. The van der Waals surface area contributed by atoms with E-state index in [-0.39, 0.29) is 13.2 Å². The number of aryl methyl sites for hydroxylation is 1. The molecule has 0 saturated heterocycles. The zero-order valence-corrected chi connectivity index (χ0v) is 11.8. The first-order valence-corrected chi connectivity index (χ1v) is 6.32. The van der Waals surface area contributed by atoms with Crippen LogP contribution in [0, 0.1) is 6.92 Å². The molecule has 5 heteroatoms. The van der Waals surface area contributed by atoms with Crippen LogP contribution in [-0.2, 0) is 14.3 Å². The summed E-state index contributed by atoms with van der Waals surface area (Å²) in [4.78, 5) is 22.5. The number of anilines is 1. The van der Waals surface area contributed by atoms with Crippen LogP contribution >= 0.6 is 0 Å². The average Bonchev–Trinajstić information content (AvgIpc) is 2.40. The number of ether oxygens (including phenoxy) is 2. The third-order valence-electron chi connectivity index (χ3n) is 2.40. The van der Waals surface area contributed by atoms with E-state index in [2.05, 4.69) is 11.9 Å². The fourth-order valence-corrected chi connectivity index (χ4v) is 1.30. The summed E-state index contributed by atoms with van der Waals surface area (Å²) in [5, 5.41) is 2.60. The Morgan fingerprint density at radius 2 is 1.75 bits per heavy atom. The molecule has 0 atom stereocenters. The lowest BCUT2D eigenvalue weighted by Crippen LogP contribution is -2.16. The number of benzene rings is 1. The van der Waals surface area contributed by atoms with Crippen LogP contribution in [0.3, 0.4) is 0 Å². The molecular weight excluding hydrogens is 258 g/mol. The van der Waals surface area contributed by atoms with E-state index in [9.17, 15) is 9.59 Å². The standard InChI is InChI=1S/C15H19NO4/c1-11(2)14(17)19-9-4-10-20-15(18)16-13-7-5-12(3)6-8-13/h5-8H,1,4,9-10H2,2-3H3,(H,16,18). The number of amides is 1. The van der Waals surface area contributed by atoms with Gasteiger partial charge >= 0.3 is 12.1 Å². The highest BCUT2D eigenvalue weighted by Gasteiger charge is 2.04. The molecule has 1 aromatic carbocycles. The Bertz CT molecular complexity index is 479. The molecule has 0 fully saturated rings. The molecule has 0 saturated carbocycles. The minimum atomic E-state index is -0.528. The van der Waals surface area contributed by atoms with Gasteiger partial charge in [-0.25, -0.2) is 9.59 Å². The Morgan fingerprint density at radius 3 is 2.35 bits per heavy atom. The molecule has 0 spiro atoms. The normalized spacial score (nSPS) is 9.70. The van der Waals surface area contributed by atoms with E-state index in [1.54, 1.807) is 19.1 Å². The fourth-order valence-electron chi connectivity index (χ4n) is 1.30. The Morgan fingerprint density at radius 1 is 1.15 bits per heavy atom. The smallest absolute Gasteiger partial charge is 0.411 e. The molecule has 1 N–H and O–H groups in total. The van der Waals surface area contributed by atoms with Gasteiger partial charge in [0.1, 0.15) is 0 Å². The van der Waals surface area contributed by atoms with E-state index in [0.29, 0.717) is 17.7 Å². The number of hydrogen-bond acceptors (Lipinski definition) is 4. The summed E-state index contributed by atoms with van der Waals surface area (Å²) in [6.45, 7) is 7.39. The summed E-state index contributed by atoms with van der Waals surface area (Å²) in [5.41, 5.74) is 2.14. The molecule has 0 radical (unpaired) electrons. The van der Waals surface area contributed by atoms with E-state index in [1.807, 2.05) is 19.1 Å². The summed E-state index contributed by atoms with van der Waals surface area (Å²) in [6.07, 6.45) is -0.0829. The van der Waals surface area contributed by atoms with Gasteiger partial charge < -0.3 is 9.47 Å². The van der Waals surface area contributed by atoms with Crippen LogP contribution < -0.4 is 5.32 Å². The first kappa shape index (κ1) is 15.8. The van der Waals surface area contributed by atoms with Crippen molar-refractivity contribution in [3.8, 4) is 0 Å². The van der Waals surface area contributed by atoms with Gasteiger partial charge in [0.05, 0.1) is 13.2 Å². The van der Waals surface area contributed by atoms with Crippen molar-refractivity contribution in [2.45, 2.75) is 20.3 Å². The molecule has 1 aromatic rings. The van der Waals surface area contributed by atoms with Crippen LogP contribution in [-0.4, -0.2) is 25.3 Å². The number of hydrogen-bond donors (Lipinski definition) is 1. The first-order chi connectivity index (χ1) is 9.49. The van der Waals surface area contributed by atoms with Crippen LogP contribution in [0.2, 0.25) is 0 Å². The van der Waals surface area contributed by atoms with Crippen molar-refractivity contribution in [3.05, 3.63) is 42.0 Å². The zero-order valence-electron chi connectivity index (χ0n) is 11.8. The van der Waals surface area contributed by atoms with Gasteiger partial charge in [0.15, 0.2) is 0 Å². The highest BCUT2D eigenvalue weighted by molar-refractivity contribution is 5.87. The molecule has 0 unspecified atom stereocenters. The number of carbonyl (C=O) groups is 2. The van der Waals surface area contributed by atoms with Crippen molar-refractivity contribution in [2.75, 3.05) is 18.5 Å². The minimum Gasteiger partial charge on any atom is -0.462 e. The highest BCUT2D eigenvalue weighted by Crippen LogP contribution is 2.08. The van der Waals surface area contributed by atoms with E-state index in [4.69, 9.17) is 9.47 Å². The Labute approximate surface area is 118 Å². The summed E-state index contributed by atoms with van der Waals surface area (Å²) in [6, 6.07) is 7.38. The lowest BCUT2D eigenvalue weighted by molar-refractivity contribution is -0.139. The lowest BCUT2D eigenvalue weighted by Gasteiger charge is -2.07. The van der Waals surface area contributed by atoms with Crippen LogP contribution in [0.15, 0.2) is 36.4 Å². The van der Waals surface area contributed by atoms with Gasteiger partial charge in [-0.2, -0.15) is 0 Å². The van der Waals surface area contributed by atoms with Crippen molar-refractivity contribution >= 4 is 17.7 Å². The molecule has 20 heavy (non-hydrogen) atoms. The second-order valence-corrected chi connectivity index (χ2v) is 4.40. The van der Waals surface area contributed by atoms with Crippen LogP contribution in [0.4, 0.5) is 10.5 Å². The molecule has 0 heterocycles. The first-order valence-electron chi connectivity index (χ1n) is 6.32. The Hall–Kier alpha value is -2.30. The third kappa shape index (κ3) is 6.04. The maximum absolute atomic E-state index is 11.4.